The van der Waals surface area contributed by atoms with Crippen LogP contribution in [0.25, 0.3) is 0 Å². The van der Waals surface area contributed by atoms with Gasteiger partial charge in [0, 0.05) is 37.7 Å². The molecule has 2 fully saturated rings. The number of carbonyl (C=O) groups is 1. The van der Waals surface area contributed by atoms with Crippen LogP contribution in [0.15, 0.2) is 24.3 Å². The predicted octanol–water partition coefficient (Wildman–Crippen LogP) is 1.74. The van der Waals surface area contributed by atoms with Crippen molar-refractivity contribution in [2.75, 3.05) is 32.8 Å². The van der Waals surface area contributed by atoms with E-state index in [1.807, 2.05) is 23.1 Å². The SMILES string of the molecule is O=C(c1cccc(CN2CCCC2)c1)N1CCC(CO)C1. The molecule has 114 valence electrons. The van der Waals surface area contributed by atoms with Gasteiger partial charge in [-0.1, -0.05) is 12.1 Å². The van der Waals surface area contributed by atoms with Crippen molar-refractivity contribution in [2.24, 2.45) is 5.92 Å². The van der Waals surface area contributed by atoms with E-state index in [9.17, 15) is 9.90 Å². The minimum Gasteiger partial charge on any atom is -0.396 e. The van der Waals surface area contributed by atoms with Crippen molar-refractivity contribution in [3.05, 3.63) is 35.4 Å². The third-order valence-corrected chi connectivity index (χ3v) is 4.61. The van der Waals surface area contributed by atoms with Crippen LogP contribution in [-0.4, -0.2) is 53.6 Å². The van der Waals surface area contributed by atoms with Crippen LogP contribution in [0.4, 0.5) is 0 Å². The van der Waals surface area contributed by atoms with E-state index in [1.54, 1.807) is 0 Å². The summed E-state index contributed by atoms with van der Waals surface area (Å²) in [5.74, 6) is 0.357. The molecule has 1 unspecified atom stereocenters. The summed E-state index contributed by atoms with van der Waals surface area (Å²) in [6.07, 6.45) is 3.49. The van der Waals surface area contributed by atoms with E-state index in [-0.39, 0.29) is 18.4 Å². The highest BCUT2D eigenvalue weighted by Gasteiger charge is 2.26. The summed E-state index contributed by atoms with van der Waals surface area (Å²) in [6.45, 7) is 4.91. The Balaban J connectivity index is 1.66. The van der Waals surface area contributed by atoms with Crippen LogP contribution in [0, 0.1) is 5.92 Å². The first-order valence-electron chi connectivity index (χ1n) is 7.97. The highest BCUT2D eigenvalue weighted by Crippen LogP contribution is 2.19. The molecule has 0 aliphatic carbocycles. The van der Waals surface area contributed by atoms with Gasteiger partial charge in [0.15, 0.2) is 0 Å². The topological polar surface area (TPSA) is 43.8 Å². The molecule has 2 aliphatic rings. The molecule has 21 heavy (non-hydrogen) atoms. The molecule has 3 rings (SSSR count). The Bertz CT molecular complexity index is 497. The fraction of sp³-hybridized carbons (Fsp3) is 0.588. The van der Waals surface area contributed by atoms with Crippen molar-refractivity contribution < 1.29 is 9.90 Å². The maximum absolute atomic E-state index is 12.5. The van der Waals surface area contributed by atoms with Crippen LogP contribution >= 0.6 is 0 Å². The molecule has 2 saturated heterocycles. The number of hydrogen-bond donors (Lipinski definition) is 1. The van der Waals surface area contributed by atoms with E-state index in [0.29, 0.717) is 6.54 Å². The molecule has 1 aromatic rings. The van der Waals surface area contributed by atoms with Crippen LogP contribution in [0.3, 0.4) is 0 Å². The van der Waals surface area contributed by atoms with Gasteiger partial charge in [-0.05, 0) is 50.0 Å². The van der Waals surface area contributed by atoms with E-state index >= 15 is 0 Å². The van der Waals surface area contributed by atoms with Crippen LogP contribution in [0.2, 0.25) is 0 Å². The van der Waals surface area contributed by atoms with Gasteiger partial charge in [-0.2, -0.15) is 0 Å². The number of likely N-dealkylation sites (tertiary alicyclic amines) is 2. The molecular weight excluding hydrogens is 264 g/mol. The Morgan fingerprint density at radius 2 is 2.05 bits per heavy atom. The van der Waals surface area contributed by atoms with Gasteiger partial charge < -0.3 is 10.0 Å². The second-order valence-corrected chi connectivity index (χ2v) is 6.27. The van der Waals surface area contributed by atoms with E-state index in [0.717, 1.165) is 25.1 Å². The van der Waals surface area contributed by atoms with E-state index in [1.165, 1.54) is 31.5 Å². The molecule has 4 nitrogen and oxygen atoms in total. The van der Waals surface area contributed by atoms with Crippen molar-refractivity contribution in [3.8, 4) is 0 Å². The van der Waals surface area contributed by atoms with Crippen LogP contribution in [0.1, 0.15) is 35.2 Å². The van der Waals surface area contributed by atoms with Crippen molar-refractivity contribution in [2.45, 2.75) is 25.8 Å². The lowest BCUT2D eigenvalue weighted by Gasteiger charge is -2.18. The minimum absolute atomic E-state index is 0.106. The quantitative estimate of drug-likeness (QED) is 0.918. The molecule has 0 aromatic heterocycles. The fourth-order valence-corrected chi connectivity index (χ4v) is 3.35. The molecule has 2 heterocycles. The summed E-state index contributed by atoms with van der Waals surface area (Å²) < 4.78 is 0. The standard InChI is InChI=1S/C17H24N2O2/c20-13-15-6-9-19(12-15)17(21)16-5-3-4-14(10-16)11-18-7-1-2-8-18/h3-5,10,15,20H,1-2,6-9,11-13H2. The molecule has 1 N–H and O–H groups in total. The zero-order valence-electron chi connectivity index (χ0n) is 12.5. The molecule has 0 saturated carbocycles. The molecule has 0 radical (unpaired) electrons. The zero-order chi connectivity index (χ0) is 14.7. The van der Waals surface area contributed by atoms with Gasteiger partial charge in [-0.25, -0.2) is 0 Å². The van der Waals surface area contributed by atoms with Crippen LogP contribution in [0.5, 0.6) is 0 Å². The van der Waals surface area contributed by atoms with Crippen molar-refractivity contribution >= 4 is 5.91 Å². The molecule has 1 amide bonds. The average Bonchev–Trinajstić information content (AvgIpc) is 3.17. The van der Waals surface area contributed by atoms with E-state index in [4.69, 9.17) is 0 Å². The number of rotatable bonds is 4. The van der Waals surface area contributed by atoms with Gasteiger partial charge >= 0.3 is 0 Å². The van der Waals surface area contributed by atoms with E-state index in [2.05, 4.69) is 11.0 Å². The summed E-state index contributed by atoms with van der Waals surface area (Å²) in [5.41, 5.74) is 2.01. The number of carbonyl (C=O) groups excluding carboxylic acids is 1. The van der Waals surface area contributed by atoms with Gasteiger partial charge in [0.05, 0.1) is 0 Å². The molecule has 4 heteroatoms. The Morgan fingerprint density at radius 1 is 1.24 bits per heavy atom. The number of amides is 1. The first kappa shape index (κ1) is 14.5. The maximum atomic E-state index is 12.5. The largest absolute Gasteiger partial charge is 0.396 e. The second kappa shape index (κ2) is 6.58. The Morgan fingerprint density at radius 3 is 2.76 bits per heavy atom. The predicted molar refractivity (Wildman–Crippen MR) is 82.0 cm³/mol. The highest BCUT2D eigenvalue weighted by molar-refractivity contribution is 5.94. The number of benzene rings is 1. The normalized spacial score (nSPS) is 22.9. The Labute approximate surface area is 126 Å². The van der Waals surface area contributed by atoms with E-state index < -0.39 is 0 Å². The van der Waals surface area contributed by atoms with Crippen molar-refractivity contribution in [1.29, 1.82) is 0 Å². The number of nitrogens with zero attached hydrogens (tertiary/aromatic N) is 2. The lowest BCUT2D eigenvalue weighted by Crippen LogP contribution is -2.29. The summed E-state index contributed by atoms with van der Waals surface area (Å²) in [4.78, 5) is 16.8. The van der Waals surface area contributed by atoms with Crippen molar-refractivity contribution in [1.82, 2.24) is 9.80 Å². The van der Waals surface area contributed by atoms with Gasteiger partial charge in [0.1, 0.15) is 0 Å². The summed E-state index contributed by atoms with van der Waals surface area (Å²) >= 11 is 0. The Kier molecular flexibility index (Phi) is 4.56. The monoisotopic (exact) mass is 288 g/mol. The van der Waals surface area contributed by atoms with Crippen LogP contribution in [-0.2, 0) is 6.54 Å². The Hall–Kier alpha value is -1.39. The molecule has 2 aliphatic heterocycles. The minimum atomic E-state index is 0.106. The zero-order valence-corrected chi connectivity index (χ0v) is 12.5. The summed E-state index contributed by atoms with van der Waals surface area (Å²) in [7, 11) is 0. The van der Waals surface area contributed by atoms with Gasteiger partial charge in [-0.3, -0.25) is 9.69 Å². The van der Waals surface area contributed by atoms with Gasteiger partial charge in [0.25, 0.3) is 5.91 Å². The van der Waals surface area contributed by atoms with Crippen LogP contribution < -0.4 is 0 Å². The maximum Gasteiger partial charge on any atom is 0.253 e. The van der Waals surface area contributed by atoms with Gasteiger partial charge in [0.2, 0.25) is 0 Å². The average molecular weight is 288 g/mol. The lowest BCUT2D eigenvalue weighted by atomic mass is 10.1. The molecular formula is C17H24N2O2. The smallest absolute Gasteiger partial charge is 0.253 e. The third kappa shape index (κ3) is 3.44. The third-order valence-electron chi connectivity index (χ3n) is 4.61. The molecule has 1 aromatic carbocycles. The molecule has 0 spiro atoms. The highest BCUT2D eigenvalue weighted by atomic mass is 16.3. The number of aliphatic hydroxyl groups excluding tert-OH is 1. The first-order valence-corrected chi connectivity index (χ1v) is 7.97. The van der Waals surface area contributed by atoms with Gasteiger partial charge in [-0.15, -0.1) is 0 Å². The fourth-order valence-electron chi connectivity index (χ4n) is 3.35. The second-order valence-electron chi connectivity index (χ2n) is 6.27. The number of aliphatic hydroxyl groups is 1. The molecule has 1 atom stereocenters. The summed E-state index contributed by atoms with van der Waals surface area (Å²) in [5, 5.41) is 9.20. The summed E-state index contributed by atoms with van der Waals surface area (Å²) in [6, 6.07) is 8.03. The molecule has 0 bridgehead atoms. The lowest BCUT2D eigenvalue weighted by molar-refractivity contribution is 0.0781. The van der Waals surface area contributed by atoms with Crippen molar-refractivity contribution in [3.63, 3.8) is 0 Å². The number of hydrogen-bond acceptors (Lipinski definition) is 3. The first-order chi connectivity index (χ1) is 10.3.